The highest BCUT2D eigenvalue weighted by molar-refractivity contribution is 7.05. The van der Waals surface area contributed by atoms with Crippen LogP contribution < -0.4 is 11.1 Å². The van der Waals surface area contributed by atoms with E-state index in [0.29, 0.717) is 18.5 Å². The number of nitrogens with two attached hydrogens (primary N) is 1. The van der Waals surface area contributed by atoms with Gasteiger partial charge in [0.1, 0.15) is 0 Å². The van der Waals surface area contributed by atoms with E-state index in [1.807, 2.05) is 0 Å². The van der Waals surface area contributed by atoms with Crippen LogP contribution in [0, 0.1) is 0 Å². The molecule has 1 atom stereocenters. The lowest BCUT2D eigenvalue weighted by atomic mass is 10.1. The van der Waals surface area contributed by atoms with Gasteiger partial charge in [-0.2, -0.15) is 0 Å². The molecule has 0 fully saturated rings. The summed E-state index contributed by atoms with van der Waals surface area (Å²) in [6.45, 7) is 7.81. The van der Waals surface area contributed by atoms with Crippen LogP contribution in [0.15, 0.2) is 0 Å². The predicted octanol–water partition coefficient (Wildman–Crippen LogP) is 1.10. The van der Waals surface area contributed by atoms with Crippen LogP contribution in [0.4, 0.5) is 0 Å². The van der Waals surface area contributed by atoms with E-state index < -0.39 is 0 Å². The fourth-order valence-electron chi connectivity index (χ4n) is 1.13. The van der Waals surface area contributed by atoms with Gasteiger partial charge in [-0.15, -0.1) is 5.10 Å². The van der Waals surface area contributed by atoms with E-state index in [1.54, 1.807) is 0 Å². The van der Waals surface area contributed by atoms with Crippen LogP contribution in [0.5, 0.6) is 0 Å². The van der Waals surface area contributed by atoms with Crippen LogP contribution in [0.3, 0.4) is 0 Å². The molecule has 0 radical (unpaired) electrons. The van der Waals surface area contributed by atoms with E-state index in [-0.39, 0.29) is 0 Å². The lowest BCUT2D eigenvalue weighted by molar-refractivity contribution is 0.556. The Kier molecular flexibility index (Phi) is 4.44. The van der Waals surface area contributed by atoms with Gasteiger partial charge in [0, 0.05) is 19.1 Å². The first-order chi connectivity index (χ1) is 6.65. The van der Waals surface area contributed by atoms with Gasteiger partial charge in [-0.05, 0) is 24.4 Å². The number of nitrogens with zero attached hydrogens (tertiary/aromatic N) is 2. The van der Waals surface area contributed by atoms with Crippen molar-refractivity contribution in [3.8, 4) is 0 Å². The van der Waals surface area contributed by atoms with Crippen molar-refractivity contribution in [3.63, 3.8) is 0 Å². The molecule has 1 unspecified atom stereocenters. The Morgan fingerprint density at radius 1 is 1.43 bits per heavy atom. The van der Waals surface area contributed by atoms with Crippen LogP contribution in [-0.4, -0.2) is 22.2 Å². The average molecular weight is 214 g/mol. The topological polar surface area (TPSA) is 63.8 Å². The molecule has 1 aromatic rings. The molecule has 0 amide bonds. The Bertz CT molecular complexity index is 272. The zero-order valence-corrected chi connectivity index (χ0v) is 9.77. The van der Waals surface area contributed by atoms with Crippen molar-refractivity contribution in [2.24, 2.45) is 5.73 Å². The van der Waals surface area contributed by atoms with E-state index >= 15 is 0 Å². The summed E-state index contributed by atoms with van der Waals surface area (Å²) in [5.74, 6) is 0.443. The molecule has 80 valence electrons. The molecular formula is C9H18N4S. The van der Waals surface area contributed by atoms with Crippen LogP contribution in [0.2, 0.25) is 0 Å². The quantitative estimate of drug-likeness (QED) is 0.770. The Morgan fingerprint density at radius 3 is 2.71 bits per heavy atom. The summed E-state index contributed by atoms with van der Waals surface area (Å²) in [7, 11) is 0. The van der Waals surface area contributed by atoms with Crippen molar-refractivity contribution < 1.29 is 0 Å². The smallest absolute Gasteiger partial charge is 0.0826 e. The third-order valence-electron chi connectivity index (χ3n) is 2.10. The Labute approximate surface area is 89.1 Å². The van der Waals surface area contributed by atoms with E-state index in [2.05, 4.69) is 35.7 Å². The van der Waals surface area contributed by atoms with Gasteiger partial charge in [-0.25, -0.2) is 0 Å². The second-order valence-corrected chi connectivity index (χ2v) is 4.59. The standard InChI is InChI=1S/C9H18N4S/c1-6(2)9-8(14-13-12-9)5-11-7(3)4-10/h6-7,11H,4-5,10H2,1-3H3. The van der Waals surface area contributed by atoms with Crippen molar-refractivity contribution in [1.82, 2.24) is 14.9 Å². The normalized spacial score (nSPS) is 13.5. The maximum Gasteiger partial charge on any atom is 0.0826 e. The largest absolute Gasteiger partial charge is 0.329 e. The van der Waals surface area contributed by atoms with E-state index in [1.165, 1.54) is 16.4 Å². The monoisotopic (exact) mass is 214 g/mol. The van der Waals surface area contributed by atoms with Gasteiger partial charge in [-0.1, -0.05) is 18.3 Å². The van der Waals surface area contributed by atoms with Gasteiger partial charge in [0.25, 0.3) is 0 Å². The van der Waals surface area contributed by atoms with Crippen molar-refractivity contribution in [1.29, 1.82) is 0 Å². The van der Waals surface area contributed by atoms with Gasteiger partial charge in [0.2, 0.25) is 0 Å². The predicted molar refractivity (Wildman–Crippen MR) is 59.4 cm³/mol. The van der Waals surface area contributed by atoms with Gasteiger partial charge >= 0.3 is 0 Å². The zero-order chi connectivity index (χ0) is 10.6. The van der Waals surface area contributed by atoms with E-state index in [4.69, 9.17) is 5.73 Å². The molecule has 0 aliphatic rings. The van der Waals surface area contributed by atoms with Gasteiger partial charge in [0.05, 0.1) is 10.6 Å². The Balaban J connectivity index is 2.54. The van der Waals surface area contributed by atoms with Crippen LogP contribution >= 0.6 is 11.5 Å². The van der Waals surface area contributed by atoms with Gasteiger partial charge < -0.3 is 11.1 Å². The van der Waals surface area contributed by atoms with E-state index in [9.17, 15) is 0 Å². The highest BCUT2D eigenvalue weighted by Gasteiger charge is 2.11. The first kappa shape index (κ1) is 11.6. The minimum absolute atomic E-state index is 0.345. The summed E-state index contributed by atoms with van der Waals surface area (Å²) >= 11 is 1.47. The van der Waals surface area contributed by atoms with Crippen LogP contribution in [0.25, 0.3) is 0 Å². The first-order valence-corrected chi connectivity index (χ1v) is 5.67. The van der Waals surface area contributed by atoms with E-state index in [0.717, 1.165) is 12.2 Å². The van der Waals surface area contributed by atoms with Crippen molar-refractivity contribution in [2.75, 3.05) is 6.54 Å². The highest BCUT2D eigenvalue weighted by Crippen LogP contribution is 2.19. The molecule has 0 aromatic carbocycles. The molecule has 1 rings (SSSR count). The number of rotatable bonds is 5. The molecule has 0 spiro atoms. The molecule has 0 saturated carbocycles. The first-order valence-electron chi connectivity index (χ1n) is 4.89. The number of nitrogens with one attached hydrogen (secondary N) is 1. The summed E-state index contributed by atoms with van der Waals surface area (Å²) in [5.41, 5.74) is 6.62. The fraction of sp³-hybridized carbons (Fsp3) is 0.778. The molecule has 0 aliphatic carbocycles. The summed E-state index contributed by atoms with van der Waals surface area (Å²) in [6.07, 6.45) is 0. The molecule has 0 saturated heterocycles. The lowest BCUT2D eigenvalue weighted by Gasteiger charge is -2.10. The SMILES string of the molecule is CC(CN)NCc1snnc1C(C)C. The van der Waals surface area contributed by atoms with Gasteiger partial charge in [0.15, 0.2) is 0 Å². The molecule has 0 aliphatic heterocycles. The zero-order valence-electron chi connectivity index (χ0n) is 8.95. The molecule has 5 heteroatoms. The second kappa shape index (κ2) is 5.38. The molecule has 1 heterocycles. The van der Waals surface area contributed by atoms with Crippen LogP contribution in [-0.2, 0) is 6.54 Å². The lowest BCUT2D eigenvalue weighted by Crippen LogP contribution is -2.32. The Hall–Kier alpha value is -0.520. The number of hydrogen-bond donors (Lipinski definition) is 2. The fourth-order valence-corrected chi connectivity index (χ4v) is 1.87. The molecule has 14 heavy (non-hydrogen) atoms. The molecule has 3 N–H and O–H groups in total. The summed E-state index contributed by atoms with van der Waals surface area (Å²) in [6, 6.07) is 0.345. The molecule has 4 nitrogen and oxygen atoms in total. The second-order valence-electron chi connectivity index (χ2n) is 3.75. The number of hydrogen-bond acceptors (Lipinski definition) is 5. The summed E-state index contributed by atoms with van der Waals surface area (Å²) < 4.78 is 3.97. The highest BCUT2D eigenvalue weighted by atomic mass is 32.1. The summed E-state index contributed by atoms with van der Waals surface area (Å²) in [4.78, 5) is 1.22. The van der Waals surface area contributed by atoms with Crippen molar-refractivity contribution in [3.05, 3.63) is 10.6 Å². The molecule has 1 aromatic heterocycles. The van der Waals surface area contributed by atoms with Gasteiger partial charge in [-0.3, -0.25) is 0 Å². The van der Waals surface area contributed by atoms with Crippen molar-refractivity contribution >= 4 is 11.5 Å². The third kappa shape index (κ3) is 3.01. The maximum absolute atomic E-state index is 5.52. The van der Waals surface area contributed by atoms with Crippen LogP contribution in [0.1, 0.15) is 37.3 Å². The Morgan fingerprint density at radius 2 is 2.14 bits per heavy atom. The summed E-state index contributed by atoms with van der Waals surface area (Å²) in [5, 5.41) is 7.45. The molecule has 0 bridgehead atoms. The minimum Gasteiger partial charge on any atom is -0.329 e. The average Bonchev–Trinajstić information content (AvgIpc) is 2.62. The number of aromatic nitrogens is 2. The third-order valence-corrected chi connectivity index (χ3v) is 2.83. The van der Waals surface area contributed by atoms with Crippen molar-refractivity contribution in [2.45, 2.75) is 39.3 Å². The maximum atomic E-state index is 5.52. The minimum atomic E-state index is 0.345. The molecular weight excluding hydrogens is 196 g/mol.